The third-order valence-electron chi connectivity index (χ3n) is 3.90. The Hall–Kier alpha value is -1.88. The number of H-pyrrole nitrogens is 1. The van der Waals surface area contributed by atoms with E-state index in [0.717, 1.165) is 30.4 Å². The number of aromatic nitrogens is 3. The molecule has 2 aromatic heterocycles. The van der Waals surface area contributed by atoms with E-state index in [1.807, 2.05) is 25.5 Å². The number of aryl methyl sites for hydroxylation is 1. The second-order valence-corrected chi connectivity index (χ2v) is 5.34. The van der Waals surface area contributed by atoms with Gasteiger partial charge in [-0.1, -0.05) is 6.07 Å². The van der Waals surface area contributed by atoms with Gasteiger partial charge in [0.25, 0.3) is 0 Å². The number of rotatable bonds is 4. The second kappa shape index (κ2) is 5.63. The summed E-state index contributed by atoms with van der Waals surface area (Å²) in [7, 11) is 1.92. The fraction of sp³-hybridized carbons (Fsp3) is 0.467. The van der Waals surface area contributed by atoms with Gasteiger partial charge >= 0.3 is 0 Å². The summed E-state index contributed by atoms with van der Waals surface area (Å²) in [6.45, 7) is 4.08. The van der Waals surface area contributed by atoms with E-state index in [1.165, 1.54) is 18.4 Å². The molecule has 0 spiro atoms. The molecule has 1 fully saturated rings. The molecule has 1 unspecified atom stereocenters. The zero-order chi connectivity index (χ0) is 13.9. The predicted molar refractivity (Wildman–Crippen MR) is 79.5 cm³/mol. The second-order valence-electron chi connectivity index (χ2n) is 5.34. The molecule has 0 aliphatic carbocycles. The molecule has 0 amide bonds. The number of anilines is 1. The molecule has 1 saturated heterocycles. The van der Waals surface area contributed by atoms with Crippen LogP contribution in [0.3, 0.4) is 0 Å². The molecule has 106 valence electrons. The highest BCUT2D eigenvalue weighted by atomic mass is 15.2. The van der Waals surface area contributed by atoms with Crippen LogP contribution in [0.2, 0.25) is 0 Å². The average Bonchev–Trinajstić information content (AvgIpc) is 3.08. The molecule has 0 bridgehead atoms. The maximum absolute atomic E-state index is 4.50. The molecule has 0 aromatic carbocycles. The monoisotopic (exact) mass is 271 g/mol. The van der Waals surface area contributed by atoms with E-state index >= 15 is 0 Å². The van der Waals surface area contributed by atoms with Crippen LogP contribution in [0.4, 0.5) is 5.82 Å². The van der Waals surface area contributed by atoms with Crippen molar-refractivity contribution in [2.75, 3.05) is 18.9 Å². The summed E-state index contributed by atoms with van der Waals surface area (Å²) in [4.78, 5) is 14.7. The van der Waals surface area contributed by atoms with Gasteiger partial charge in [0.15, 0.2) is 0 Å². The van der Waals surface area contributed by atoms with E-state index in [1.54, 1.807) is 0 Å². The number of aromatic amines is 1. The highest BCUT2D eigenvalue weighted by Gasteiger charge is 2.28. The van der Waals surface area contributed by atoms with Gasteiger partial charge in [0.1, 0.15) is 11.6 Å². The lowest BCUT2D eigenvalue weighted by Gasteiger charge is -2.23. The number of hydrogen-bond acceptors (Lipinski definition) is 4. The highest BCUT2D eigenvalue weighted by molar-refractivity contribution is 5.42. The molecule has 2 aromatic rings. The summed E-state index contributed by atoms with van der Waals surface area (Å²) >= 11 is 0. The largest absolute Gasteiger partial charge is 0.373 e. The molecule has 3 rings (SSSR count). The van der Waals surface area contributed by atoms with Crippen LogP contribution in [0, 0.1) is 6.92 Å². The van der Waals surface area contributed by atoms with Crippen LogP contribution < -0.4 is 5.32 Å². The number of nitrogens with one attached hydrogen (secondary N) is 2. The molecule has 5 heteroatoms. The average molecular weight is 271 g/mol. The highest BCUT2D eigenvalue weighted by Crippen LogP contribution is 2.32. The summed E-state index contributed by atoms with van der Waals surface area (Å²) in [5.41, 5.74) is 2.37. The Bertz CT molecular complexity index is 577. The van der Waals surface area contributed by atoms with Crippen LogP contribution in [0.25, 0.3) is 0 Å². The van der Waals surface area contributed by atoms with Crippen LogP contribution in [-0.2, 0) is 6.54 Å². The molecule has 5 nitrogen and oxygen atoms in total. The smallest absolute Gasteiger partial charge is 0.130 e. The Morgan fingerprint density at radius 3 is 3.10 bits per heavy atom. The van der Waals surface area contributed by atoms with Gasteiger partial charge in [-0.15, -0.1) is 0 Å². The first-order chi connectivity index (χ1) is 9.78. The normalized spacial score (nSPS) is 19.4. The van der Waals surface area contributed by atoms with Crippen molar-refractivity contribution in [2.45, 2.75) is 32.4 Å². The molecular weight excluding hydrogens is 250 g/mol. The zero-order valence-corrected chi connectivity index (χ0v) is 12.1. The van der Waals surface area contributed by atoms with Gasteiger partial charge < -0.3 is 10.3 Å². The Morgan fingerprint density at radius 2 is 2.35 bits per heavy atom. The maximum atomic E-state index is 4.50. The van der Waals surface area contributed by atoms with Gasteiger partial charge in [0.05, 0.1) is 6.04 Å². The van der Waals surface area contributed by atoms with Gasteiger partial charge in [-0.25, -0.2) is 9.97 Å². The molecule has 0 radical (unpaired) electrons. The van der Waals surface area contributed by atoms with E-state index in [9.17, 15) is 0 Å². The Morgan fingerprint density at radius 1 is 1.45 bits per heavy atom. The number of nitrogens with zero attached hydrogens (tertiary/aromatic N) is 3. The molecule has 20 heavy (non-hydrogen) atoms. The SMILES string of the molecule is CNc1ncccc1CN1CCCC1c1ncc(C)[nH]1. The lowest BCUT2D eigenvalue weighted by molar-refractivity contribution is 0.241. The third kappa shape index (κ3) is 2.54. The topological polar surface area (TPSA) is 56.8 Å². The van der Waals surface area contributed by atoms with Crippen molar-refractivity contribution in [3.05, 3.63) is 41.6 Å². The van der Waals surface area contributed by atoms with E-state index in [-0.39, 0.29) is 0 Å². The molecule has 3 heterocycles. The van der Waals surface area contributed by atoms with Crippen LogP contribution >= 0.6 is 0 Å². The summed E-state index contributed by atoms with van der Waals surface area (Å²) in [6.07, 6.45) is 6.13. The van der Waals surface area contributed by atoms with E-state index in [0.29, 0.717) is 6.04 Å². The molecule has 1 aliphatic rings. The minimum atomic E-state index is 0.397. The molecule has 2 N–H and O–H groups in total. The van der Waals surface area contributed by atoms with Crippen LogP contribution in [0.5, 0.6) is 0 Å². The van der Waals surface area contributed by atoms with Gasteiger partial charge in [-0.2, -0.15) is 0 Å². The van der Waals surface area contributed by atoms with Crippen LogP contribution in [-0.4, -0.2) is 33.4 Å². The van der Waals surface area contributed by atoms with Crippen molar-refractivity contribution < 1.29 is 0 Å². The minimum absolute atomic E-state index is 0.397. The van der Waals surface area contributed by atoms with E-state index in [2.05, 4.69) is 38.2 Å². The van der Waals surface area contributed by atoms with Gasteiger partial charge in [0, 0.05) is 37.2 Å². The van der Waals surface area contributed by atoms with Crippen LogP contribution in [0.15, 0.2) is 24.5 Å². The first kappa shape index (κ1) is 13.1. The fourth-order valence-electron chi connectivity index (χ4n) is 2.94. The molecular formula is C15H21N5. The summed E-state index contributed by atoms with van der Waals surface area (Å²) < 4.78 is 0. The van der Waals surface area contributed by atoms with E-state index in [4.69, 9.17) is 0 Å². The predicted octanol–water partition coefficient (Wildman–Crippen LogP) is 2.49. The molecule has 1 atom stereocenters. The summed E-state index contributed by atoms with van der Waals surface area (Å²) in [6, 6.07) is 4.54. The Labute approximate surface area is 119 Å². The van der Waals surface area contributed by atoms with Crippen molar-refractivity contribution in [3.63, 3.8) is 0 Å². The first-order valence-electron chi connectivity index (χ1n) is 7.15. The standard InChI is InChI=1S/C15H21N5/c1-11-9-18-15(19-11)13-6-4-8-20(13)10-12-5-3-7-17-14(12)16-2/h3,5,7,9,13H,4,6,8,10H2,1-2H3,(H,16,17)(H,18,19). The van der Waals surface area contributed by atoms with Crippen molar-refractivity contribution in [3.8, 4) is 0 Å². The quantitative estimate of drug-likeness (QED) is 0.897. The number of imidazole rings is 1. The van der Waals surface area contributed by atoms with Crippen molar-refractivity contribution >= 4 is 5.82 Å². The lowest BCUT2D eigenvalue weighted by Crippen LogP contribution is -2.24. The molecule has 0 saturated carbocycles. The van der Waals surface area contributed by atoms with Crippen LogP contribution in [0.1, 0.15) is 36.0 Å². The molecule has 1 aliphatic heterocycles. The maximum Gasteiger partial charge on any atom is 0.130 e. The first-order valence-corrected chi connectivity index (χ1v) is 7.15. The number of likely N-dealkylation sites (tertiary alicyclic amines) is 1. The van der Waals surface area contributed by atoms with Crippen molar-refractivity contribution in [2.24, 2.45) is 0 Å². The lowest BCUT2D eigenvalue weighted by atomic mass is 10.2. The summed E-state index contributed by atoms with van der Waals surface area (Å²) in [5.74, 6) is 2.06. The fourth-order valence-corrected chi connectivity index (χ4v) is 2.94. The number of hydrogen-bond donors (Lipinski definition) is 2. The Kier molecular flexibility index (Phi) is 3.69. The van der Waals surface area contributed by atoms with Crippen molar-refractivity contribution in [1.29, 1.82) is 0 Å². The number of pyridine rings is 1. The van der Waals surface area contributed by atoms with Gasteiger partial charge in [0.2, 0.25) is 0 Å². The van der Waals surface area contributed by atoms with Crippen molar-refractivity contribution in [1.82, 2.24) is 19.9 Å². The van der Waals surface area contributed by atoms with Gasteiger partial charge in [-0.3, -0.25) is 4.90 Å². The minimum Gasteiger partial charge on any atom is -0.373 e. The Balaban J connectivity index is 1.79. The van der Waals surface area contributed by atoms with E-state index < -0.39 is 0 Å². The van der Waals surface area contributed by atoms with Gasteiger partial charge in [-0.05, 0) is 32.4 Å². The zero-order valence-electron chi connectivity index (χ0n) is 12.1. The third-order valence-corrected chi connectivity index (χ3v) is 3.90. The summed E-state index contributed by atoms with van der Waals surface area (Å²) in [5, 5.41) is 3.17.